The van der Waals surface area contributed by atoms with Gasteiger partial charge in [-0.3, -0.25) is 9.59 Å². The largest absolute Gasteiger partial charge is 0.325 e. The summed E-state index contributed by atoms with van der Waals surface area (Å²) in [7, 11) is 0. The molecule has 6 nitrogen and oxygen atoms in total. The van der Waals surface area contributed by atoms with Gasteiger partial charge in [0.1, 0.15) is 0 Å². The zero-order valence-electron chi connectivity index (χ0n) is 17.6. The summed E-state index contributed by atoms with van der Waals surface area (Å²) >= 11 is 2.64. The predicted molar refractivity (Wildman–Crippen MR) is 124 cm³/mol. The highest BCUT2D eigenvalue weighted by Crippen LogP contribution is 2.33. The summed E-state index contributed by atoms with van der Waals surface area (Å²) in [5, 5.41) is 14.5. The quantitative estimate of drug-likeness (QED) is 0.392. The fourth-order valence-corrected chi connectivity index (χ4v) is 5.31. The lowest BCUT2D eigenvalue weighted by Crippen LogP contribution is -2.27. The minimum atomic E-state index is -0.0880. The molecule has 0 radical (unpaired) electrons. The number of rotatable bonds is 9. The SMILES string of the molecule is CCCCC1CCC(C(=O)Nc2nnc(SCC(=O)Nc3ccccc3C)s2)CC1. The van der Waals surface area contributed by atoms with Crippen LogP contribution in [0.25, 0.3) is 0 Å². The molecule has 1 fully saturated rings. The van der Waals surface area contributed by atoms with Crippen LogP contribution in [0.2, 0.25) is 0 Å². The van der Waals surface area contributed by atoms with Crippen molar-refractivity contribution in [3.8, 4) is 0 Å². The highest BCUT2D eigenvalue weighted by atomic mass is 32.2. The molecule has 2 aromatic rings. The molecule has 1 aliphatic rings. The number of unbranched alkanes of at least 4 members (excludes halogenated alkanes) is 1. The third-order valence-electron chi connectivity index (χ3n) is 5.57. The number of para-hydroxylation sites is 1. The van der Waals surface area contributed by atoms with Crippen LogP contribution in [0.4, 0.5) is 10.8 Å². The van der Waals surface area contributed by atoms with Crippen LogP contribution in [0.15, 0.2) is 28.6 Å². The second-order valence-electron chi connectivity index (χ2n) is 7.87. The third kappa shape index (κ3) is 6.80. The van der Waals surface area contributed by atoms with Gasteiger partial charge in [-0.15, -0.1) is 10.2 Å². The van der Waals surface area contributed by atoms with E-state index in [9.17, 15) is 9.59 Å². The lowest BCUT2D eigenvalue weighted by atomic mass is 9.79. The van der Waals surface area contributed by atoms with Crippen molar-refractivity contribution >= 4 is 45.7 Å². The van der Waals surface area contributed by atoms with Gasteiger partial charge in [-0.2, -0.15) is 0 Å². The van der Waals surface area contributed by atoms with Crippen LogP contribution < -0.4 is 10.6 Å². The number of anilines is 2. The molecule has 8 heteroatoms. The Kier molecular flexibility index (Phi) is 8.69. The molecule has 1 aliphatic carbocycles. The first kappa shape index (κ1) is 22.7. The molecular formula is C22H30N4O2S2. The van der Waals surface area contributed by atoms with Crippen molar-refractivity contribution in [2.75, 3.05) is 16.4 Å². The lowest BCUT2D eigenvalue weighted by molar-refractivity contribution is -0.121. The van der Waals surface area contributed by atoms with E-state index in [-0.39, 0.29) is 23.5 Å². The Morgan fingerprint density at radius 3 is 2.63 bits per heavy atom. The first-order valence-electron chi connectivity index (χ1n) is 10.7. The van der Waals surface area contributed by atoms with E-state index in [1.165, 1.54) is 42.4 Å². The average Bonchev–Trinajstić information content (AvgIpc) is 3.20. The summed E-state index contributed by atoms with van der Waals surface area (Å²) in [6, 6.07) is 7.68. The van der Waals surface area contributed by atoms with E-state index < -0.39 is 0 Å². The van der Waals surface area contributed by atoms with Crippen molar-refractivity contribution in [1.82, 2.24) is 10.2 Å². The highest BCUT2D eigenvalue weighted by Gasteiger charge is 2.26. The van der Waals surface area contributed by atoms with E-state index in [1.54, 1.807) is 0 Å². The van der Waals surface area contributed by atoms with Gasteiger partial charge in [0.05, 0.1) is 5.75 Å². The van der Waals surface area contributed by atoms with Gasteiger partial charge in [0, 0.05) is 11.6 Å². The maximum absolute atomic E-state index is 12.6. The fraction of sp³-hybridized carbons (Fsp3) is 0.545. The number of hydrogen-bond donors (Lipinski definition) is 2. The number of carbonyl (C=O) groups excluding carboxylic acids is 2. The van der Waals surface area contributed by atoms with Crippen LogP contribution in [0.5, 0.6) is 0 Å². The molecule has 162 valence electrons. The Balaban J connectivity index is 1.41. The van der Waals surface area contributed by atoms with E-state index in [0.717, 1.165) is 42.9 Å². The Bertz CT molecular complexity index is 847. The van der Waals surface area contributed by atoms with Crippen LogP contribution in [-0.2, 0) is 9.59 Å². The molecule has 1 saturated carbocycles. The molecular weight excluding hydrogens is 416 g/mol. The first-order chi connectivity index (χ1) is 14.5. The number of carbonyl (C=O) groups is 2. The van der Waals surface area contributed by atoms with Gasteiger partial charge in [0.15, 0.2) is 4.34 Å². The molecule has 2 N–H and O–H groups in total. The number of aryl methyl sites for hydroxylation is 1. The second-order valence-corrected chi connectivity index (χ2v) is 10.1. The Labute approximate surface area is 186 Å². The number of aromatic nitrogens is 2. The molecule has 0 aliphatic heterocycles. The zero-order valence-corrected chi connectivity index (χ0v) is 19.3. The van der Waals surface area contributed by atoms with Crippen LogP contribution in [0, 0.1) is 18.8 Å². The van der Waals surface area contributed by atoms with Gasteiger partial charge in [0.25, 0.3) is 0 Å². The molecule has 0 bridgehead atoms. The van der Waals surface area contributed by atoms with Crippen molar-refractivity contribution in [3.63, 3.8) is 0 Å². The zero-order chi connectivity index (χ0) is 21.3. The van der Waals surface area contributed by atoms with E-state index in [4.69, 9.17) is 0 Å². The molecule has 0 spiro atoms. The van der Waals surface area contributed by atoms with Crippen molar-refractivity contribution < 1.29 is 9.59 Å². The summed E-state index contributed by atoms with van der Waals surface area (Å²) in [5.74, 6) is 1.06. The van der Waals surface area contributed by atoms with Gasteiger partial charge in [0.2, 0.25) is 16.9 Å². The molecule has 1 aromatic heterocycles. The highest BCUT2D eigenvalue weighted by molar-refractivity contribution is 8.01. The normalized spacial score (nSPS) is 18.7. The maximum atomic E-state index is 12.6. The molecule has 3 rings (SSSR count). The van der Waals surface area contributed by atoms with Crippen molar-refractivity contribution in [2.24, 2.45) is 11.8 Å². The van der Waals surface area contributed by atoms with E-state index >= 15 is 0 Å². The number of nitrogens with one attached hydrogen (secondary N) is 2. The van der Waals surface area contributed by atoms with Crippen molar-refractivity contribution in [1.29, 1.82) is 0 Å². The Morgan fingerprint density at radius 1 is 1.13 bits per heavy atom. The van der Waals surface area contributed by atoms with E-state index in [0.29, 0.717) is 9.47 Å². The Morgan fingerprint density at radius 2 is 1.90 bits per heavy atom. The van der Waals surface area contributed by atoms with Crippen LogP contribution in [-0.4, -0.2) is 27.8 Å². The Hall–Kier alpha value is -1.93. The molecule has 30 heavy (non-hydrogen) atoms. The summed E-state index contributed by atoms with van der Waals surface area (Å²) in [6.07, 6.45) is 8.02. The van der Waals surface area contributed by atoms with Crippen LogP contribution >= 0.6 is 23.1 Å². The molecule has 0 atom stereocenters. The van der Waals surface area contributed by atoms with Gasteiger partial charge in [-0.25, -0.2) is 0 Å². The number of amides is 2. The molecule has 1 aromatic carbocycles. The minimum Gasteiger partial charge on any atom is -0.325 e. The van der Waals surface area contributed by atoms with E-state index in [2.05, 4.69) is 27.8 Å². The maximum Gasteiger partial charge on any atom is 0.234 e. The average molecular weight is 447 g/mol. The van der Waals surface area contributed by atoms with Crippen molar-refractivity contribution in [2.45, 2.75) is 63.1 Å². The summed E-state index contributed by atoms with van der Waals surface area (Å²) < 4.78 is 0.675. The molecule has 1 heterocycles. The summed E-state index contributed by atoms with van der Waals surface area (Å²) in [6.45, 7) is 4.18. The second kappa shape index (κ2) is 11.5. The van der Waals surface area contributed by atoms with Crippen molar-refractivity contribution in [3.05, 3.63) is 29.8 Å². The van der Waals surface area contributed by atoms with Gasteiger partial charge >= 0.3 is 0 Å². The number of hydrogen-bond acceptors (Lipinski definition) is 6. The van der Waals surface area contributed by atoms with Gasteiger partial charge in [-0.05, 0) is 50.2 Å². The monoisotopic (exact) mass is 446 g/mol. The number of benzene rings is 1. The first-order valence-corrected chi connectivity index (χ1v) is 12.5. The standard InChI is InChI=1S/C22H30N4O2S2/c1-3-4-8-16-10-12-17(13-11-16)20(28)24-21-25-26-22(30-21)29-14-19(27)23-18-9-6-5-7-15(18)2/h5-7,9,16-17H,3-4,8,10-14H2,1-2H3,(H,23,27)(H,24,25,28). The summed E-state index contributed by atoms with van der Waals surface area (Å²) in [4.78, 5) is 24.7. The number of thioether (sulfide) groups is 1. The lowest BCUT2D eigenvalue weighted by Gasteiger charge is -2.27. The third-order valence-corrected chi connectivity index (χ3v) is 7.54. The topological polar surface area (TPSA) is 84.0 Å². The minimum absolute atomic E-state index is 0.0499. The van der Waals surface area contributed by atoms with Gasteiger partial charge in [-0.1, -0.05) is 67.5 Å². The fourth-order valence-electron chi connectivity index (χ4n) is 3.76. The number of nitrogens with zero attached hydrogens (tertiary/aromatic N) is 2. The summed E-state index contributed by atoms with van der Waals surface area (Å²) in [5.41, 5.74) is 1.84. The predicted octanol–water partition coefficient (Wildman–Crippen LogP) is 5.51. The van der Waals surface area contributed by atoms with Gasteiger partial charge < -0.3 is 10.6 Å². The van der Waals surface area contributed by atoms with Crippen LogP contribution in [0.1, 0.15) is 57.4 Å². The molecule has 2 amide bonds. The van der Waals surface area contributed by atoms with E-state index in [1.807, 2.05) is 31.2 Å². The molecule has 0 unspecified atom stereocenters. The smallest absolute Gasteiger partial charge is 0.234 e. The van der Waals surface area contributed by atoms with Crippen LogP contribution in [0.3, 0.4) is 0 Å². The molecule has 0 saturated heterocycles.